The first-order valence-electron chi connectivity index (χ1n) is 6.54. The number of hydrogen-bond acceptors (Lipinski definition) is 3. The van der Waals surface area contributed by atoms with Crippen molar-refractivity contribution >= 4 is 10.9 Å². The molecule has 18 heavy (non-hydrogen) atoms. The Balaban J connectivity index is 1.84. The van der Waals surface area contributed by atoms with Gasteiger partial charge in [-0.15, -0.1) is 0 Å². The molecule has 0 saturated heterocycles. The SMILES string of the molecule is CC(C)NCCNCc1ccc2ccccc2n1. The molecule has 3 nitrogen and oxygen atoms in total. The first kappa shape index (κ1) is 13.0. The number of nitrogens with zero attached hydrogens (tertiary/aromatic N) is 1. The summed E-state index contributed by atoms with van der Waals surface area (Å²) in [7, 11) is 0. The minimum Gasteiger partial charge on any atom is -0.313 e. The lowest BCUT2D eigenvalue weighted by atomic mass is 10.2. The van der Waals surface area contributed by atoms with Crippen LogP contribution >= 0.6 is 0 Å². The van der Waals surface area contributed by atoms with Crippen molar-refractivity contribution in [2.24, 2.45) is 0 Å². The second-order valence-corrected chi connectivity index (χ2v) is 4.78. The molecular formula is C15H21N3. The van der Waals surface area contributed by atoms with E-state index in [1.807, 2.05) is 12.1 Å². The summed E-state index contributed by atoms with van der Waals surface area (Å²) in [5, 5.41) is 7.97. The Kier molecular flexibility index (Phi) is 4.67. The fourth-order valence-electron chi connectivity index (χ4n) is 1.87. The zero-order valence-electron chi connectivity index (χ0n) is 11.1. The molecule has 2 N–H and O–H groups in total. The molecule has 1 aromatic heterocycles. The number of aromatic nitrogens is 1. The van der Waals surface area contributed by atoms with E-state index in [0.717, 1.165) is 30.8 Å². The fourth-order valence-corrected chi connectivity index (χ4v) is 1.87. The van der Waals surface area contributed by atoms with Gasteiger partial charge in [0.2, 0.25) is 0 Å². The Bertz CT molecular complexity index is 494. The van der Waals surface area contributed by atoms with Gasteiger partial charge in [-0.3, -0.25) is 4.98 Å². The van der Waals surface area contributed by atoms with Crippen molar-refractivity contribution in [3.8, 4) is 0 Å². The molecule has 0 bridgehead atoms. The van der Waals surface area contributed by atoms with E-state index in [2.05, 4.69) is 53.7 Å². The topological polar surface area (TPSA) is 37.0 Å². The lowest BCUT2D eigenvalue weighted by molar-refractivity contribution is 0.554. The monoisotopic (exact) mass is 243 g/mol. The zero-order chi connectivity index (χ0) is 12.8. The summed E-state index contributed by atoms with van der Waals surface area (Å²) < 4.78 is 0. The van der Waals surface area contributed by atoms with Gasteiger partial charge in [-0.25, -0.2) is 0 Å². The van der Waals surface area contributed by atoms with E-state index < -0.39 is 0 Å². The van der Waals surface area contributed by atoms with E-state index in [4.69, 9.17) is 0 Å². The molecule has 0 aliphatic carbocycles. The van der Waals surface area contributed by atoms with Gasteiger partial charge >= 0.3 is 0 Å². The smallest absolute Gasteiger partial charge is 0.0705 e. The van der Waals surface area contributed by atoms with Crippen LogP contribution in [0.4, 0.5) is 0 Å². The van der Waals surface area contributed by atoms with Crippen LogP contribution in [0, 0.1) is 0 Å². The molecule has 2 aromatic rings. The van der Waals surface area contributed by atoms with Crippen LogP contribution in [-0.4, -0.2) is 24.1 Å². The molecule has 1 aromatic carbocycles. The average molecular weight is 243 g/mol. The minimum absolute atomic E-state index is 0.547. The Hall–Kier alpha value is -1.45. The Morgan fingerprint density at radius 2 is 1.89 bits per heavy atom. The maximum Gasteiger partial charge on any atom is 0.0705 e. The molecule has 0 atom stereocenters. The third kappa shape index (κ3) is 3.79. The van der Waals surface area contributed by atoms with Crippen molar-refractivity contribution in [2.45, 2.75) is 26.4 Å². The van der Waals surface area contributed by atoms with Gasteiger partial charge in [0.1, 0.15) is 0 Å². The fraction of sp³-hybridized carbons (Fsp3) is 0.400. The van der Waals surface area contributed by atoms with Crippen LogP contribution in [0.1, 0.15) is 19.5 Å². The van der Waals surface area contributed by atoms with E-state index in [1.54, 1.807) is 0 Å². The number of benzene rings is 1. The third-order valence-corrected chi connectivity index (χ3v) is 2.82. The van der Waals surface area contributed by atoms with Gasteiger partial charge in [0.15, 0.2) is 0 Å². The van der Waals surface area contributed by atoms with Crippen LogP contribution in [-0.2, 0) is 6.54 Å². The number of hydrogen-bond donors (Lipinski definition) is 2. The van der Waals surface area contributed by atoms with Crippen molar-refractivity contribution < 1.29 is 0 Å². The Morgan fingerprint density at radius 1 is 1.06 bits per heavy atom. The number of nitrogens with one attached hydrogen (secondary N) is 2. The van der Waals surface area contributed by atoms with E-state index in [0.29, 0.717) is 6.04 Å². The predicted octanol–water partition coefficient (Wildman–Crippen LogP) is 2.32. The molecular weight excluding hydrogens is 222 g/mol. The van der Waals surface area contributed by atoms with Crippen molar-refractivity contribution in [3.63, 3.8) is 0 Å². The van der Waals surface area contributed by atoms with Crippen LogP contribution in [0.2, 0.25) is 0 Å². The zero-order valence-corrected chi connectivity index (χ0v) is 11.1. The molecule has 0 unspecified atom stereocenters. The highest BCUT2D eigenvalue weighted by Gasteiger charge is 1.97. The summed E-state index contributed by atoms with van der Waals surface area (Å²) in [6.45, 7) is 7.10. The second-order valence-electron chi connectivity index (χ2n) is 4.78. The highest BCUT2D eigenvalue weighted by Crippen LogP contribution is 2.11. The molecule has 0 aliphatic rings. The molecule has 0 aliphatic heterocycles. The normalized spacial score (nSPS) is 11.3. The van der Waals surface area contributed by atoms with E-state index in [-0.39, 0.29) is 0 Å². The highest BCUT2D eigenvalue weighted by atomic mass is 15.0. The number of para-hydroxylation sites is 1. The minimum atomic E-state index is 0.547. The maximum absolute atomic E-state index is 4.63. The van der Waals surface area contributed by atoms with Crippen molar-refractivity contribution in [1.29, 1.82) is 0 Å². The van der Waals surface area contributed by atoms with Gasteiger partial charge in [-0.2, -0.15) is 0 Å². The quantitative estimate of drug-likeness (QED) is 0.765. The number of pyridine rings is 1. The van der Waals surface area contributed by atoms with Gasteiger partial charge in [0.25, 0.3) is 0 Å². The Labute approximate surface area is 109 Å². The summed E-state index contributed by atoms with van der Waals surface area (Å²) in [5.74, 6) is 0. The summed E-state index contributed by atoms with van der Waals surface area (Å²) >= 11 is 0. The van der Waals surface area contributed by atoms with E-state index >= 15 is 0 Å². The largest absolute Gasteiger partial charge is 0.313 e. The second kappa shape index (κ2) is 6.47. The van der Waals surface area contributed by atoms with Crippen molar-refractivity contribution in [2.75, 3.05) is 13.1 Å². The molecule has 0 fully saturated rings. The van der Waals surface area contributed by atoms with Crippen molar-refractivity contribution in [1.82, 2.24) is 15.6 Å². The van der Waals surface area contributed by atoms with Crippen LogP contribution in [0.25, 0.3) is 10.9 Å². The molecule has 0 amide bonds. The molecule has 96 valence electrons. The molecule has 0 spiro atoms. The maximum atomic E-state index is 4.63. The molecule has 0 radical (unpaired) electrons. The van der Waals surface area contributed by atoms with Crippen LogP contribution in [0.15, 0.2) is 36.4 Å². The summed E-state index contributed by atoms with van der Waals surface area (Å²) in [6.07, 6.45) is 0. The summed E-state index contributed by atoms with van der Waals surface area (Å²) in [4.78, 5) is 4.63. The summed E-state index contributed by atoms with van der Waals surface area (Å²) in [5.41, 5.74) is 2.16. The molecule has 1 heterocycles. The van der Waals surface area contributed by atoms with E-state index in [1.165, 1.54) is 5.39 Å². The lowest BCUT2D eigenvalue weighted by Crippen LogP contribution is -2.31. The molecule has 0 saturated carbocycles. The van der Waals surface area contributed by atoms with Gasteiger partial charge in [-0.1, -0.05) is 38.1 Å². The molecule has 2 rings (SSSR count). The first-order valence-corrected chi connectivity index (χ1v) is 6.54. The van der Waals surface area contributed by atoms with Gasteiger partial charge < -0.3 is 10.6 Å². The van der Waals surface area contributed by atoms with Gasteiger partial charge in [0.05, 0.1) is 11.2 Å². The van der Waals surface area contributed by atoms with Crippen molar-refractivity contribution in [3.05, 3.63) is 42.1 Å². The first-order chi connectivity index (χ1) is 8.75. The predicted molar refractivity (Wildman–Crippen MR) is 76.6 cm³/mol. The van der Waals surface area contributed by atoms with Gasteiger partial charge in [-0.05, 0) is 12.1 Å². The third-order valence-electron chi connectivity index (χ3n) is 2.82. The lowest BCUT2D eigenvalue weighted by Gasteiger charge is -2.09. The Morgan fingerprint density at radius 3 is 2.72 bits per heavy atom. The van der Waals surface area contributed by atoms with Crippen LogP contribution in [0.3, 0.4) is 0 Å². The number of fused-ring (bicyclic) bond motifs is 1. The van der Waals surface area contributed by atoms with Crippen LogP contribution < -0.4 is 10.6 Å². The number of rotatable bonds is 6. The van der Waals surface area contributed by atoms with E-state index in [9.17, 15) is 0 Å². The van der Waals surface area contributed by atoms with Gasteiger partial charge in [0, 0.05) is 31.1 Å². The standard InChI is InChI=1S/C15H21N3/c1-12(2)17-10-9-16-11-14-8-7-13-5-3-4-6-15(13)18-14/h3-8,12,16-17H,9-11H2,1-2H3. The highest BCUT2D eigenvalue weighted by molar-refractivity contribution is 5.78. The summed E-state index contributed by atoms with van der Waals surface area (Å²) in [6, 6.07) is 13.0. The average Bonchev–Trinajstić information content (AvgIpc) is 2.38. The van der Waals surface area contributed by atoms with Crippen LogP contribution in [0.5, 0.6) is 0 Å². The molecule has 3 heteroatoms.